The molecule has 0 heterocycles. The van der Waals surface area contributed by atoms with Crippen molar-refractivity contribution in [3.05, 3.63) is 0 Å². The van der Waals surface area contributed by atoms with Crippen LogP contribution in [-0.4, -0.2) is 31.8 Å². The van der Waals surface area contributed by atoms with E-state index in [9.17, 15) is 8.42 Å². The standard InChI is InChI=1S/C9H21NO3S/c1-3-4-5-6-10-7-9(2)8-14(11,12)13/h9-10H,3-8H2,1-2H3,(H,11,12,13). The molecular weight excluding hydrogens is 202 g/mol. The zero-order valence-electron chi connectivity index (χ0n) is 8.99. The third-order valence-electron chi connectivity index (χ3n) is 1.95. The third-order valence-corrected chi connectivity index (χ3v) is 2.94. The first-order valence-electron chi connectivity index (χ1n) is 5.11. The van der Waals surface area contributed by atoms with Gasteiger partial charge in [0.25, 0.3) is 10.1 Å². The molecule has 1 atom stereocenters. The molecule has 0 saturated heterocycles. The topological polar surface area (TPSA) is 66.4 Å². The SMILES string of the molecule is CCCCCNCC(C)CS(=O)(=O)O. The van der Waals surface area contributed by atoms with E-state index in [1.165, 1.54) is 12.8 Å². The van der Waals surface area contributed by atoms with Gasteiger partial charge >= 0.3 is 0 Å². The summed E-state index contributed by atoms with van der Waals surface area (Å²) < 4.78 is 29.6. The van der Waals surface area contributed by atoms with E-state index in [-0.39, 0.29) is 11.7 Å². The lowest BCUT2D eigenvalue weighted by Crippen LogP contribution is -2.26. The van der Waals surface area contributed by atoms with Crippen molar-refractivity contribution in [1.29, 1.82) is 0 Å². The highest BCUT2D eigenvalue weighted by molar-refractivity contribution is 7.85. The molecule has 0 aromatic heterocycles. The van der Waals surface area contributed by atoms with Gasteiger partial charge in [0.15, 0.2) is 0 Å². The van der Waals surface area contributed by atoms with Gasteiger partial charge in [-0.25, -0.2) is 0 Å². The Bertz CT molecular complexity index is 226. The Balaban J connectivity index is 3.41. The number of hydrogen-bond donors (Lipinski definition) is 2. The largest absolute Gasteiger partial charge is 0.316 e. The molecule has 1 unspecified atom stereocenters. The lowest BCUT2D eigenvalue weighted by atomic mass is 10.2. The molecule has 0 aliphatic rings. The third kappa shape index (κ3) is 9.95. The molecule has 0 rings (SSSR count). The van der Waals surface area contributed by atoms with Crippen molar-refractivity contribution in [2.75, 3.05) is 18.8 Å². The molecule has 0 aliphatic heterocycles. The van der Waals surface area contributed by atoms with Gasteiger partial charge in [-0.05, 0) is 25.4 Å². The minimum Gasteiger partial charge on any atom is -0.316 e. The van der Waals surface area contributed by atoms with Gasteiger partial charge in [0, 0.05) is 0 Å². The summed E-state index contributed by atoms with van der Waals surface area (Å²) in [5.41, 5.74) is 0. The van der Waals surface area contributed by atoms with Crippen LogP contribution in [-0.2, 0) is 10.1 Å². The lowest BCUT2D eigenvalue weighted by Gasteiger charge is -2.10. The van der Waals surface area contributed by atoms with Crippen LogP contribution >= 0.6 is 0 Å². The smallest absolute Gasteiger partial charge is 0.265 e. The van der Waals surface area contributed by atoms with E-state index in [4.69, 9.17) is 4.55 Å². The predicted octanol–water partition coefficient (Wildman–Crippen LogP) is 1.29. The Morgan fingerprint density at radius 2 is 2.00 bits per heavy atom. The fourth-order valence-electron chi connectivity index (χ4n) is 1.27. The molecule has 0 radical (unpaired) electrons. The van der Waals surface area contributed by atoms with Crippen LogP contribution in [0.3, 0.4) is 0 Å². The first-order valence-corrected chi connectivity index (χ1v) is 6.72. The van der Waals surface area contributed by atoms with Gasteiger partial charge < -0.3 is 5.32 Å². The molecule has 86 valence electrons. The van der Waals surface area contributed by atoms with E-state index in [0.717, 1.165) is 13.0 Å². The van der Waals surface area contributed by atoms with Crippen molar-refractivity contribution in [1.82, 2.24) is 5.32 Å². The summed E-state index contributed by atoms with van der Waals surface area (Å²) in [5.74, 6) is -0.194. The van der Waals surface area contributed by atoms with E-state index in [2.05, 4.69) is 12.2 Å². The molecule has 0 aliphatic carbocycles. The average molecular weight is 223 g/mol. The second-order valence-corrected chi connectivity index (χ2v) is 5.26. The van der Waals surface area contributed by atoms with Crippen molar-refractivity contribution >= 4 is 10.1 Å². The molecule has 14 heavy (non-hydrogen) atoms. The fourth-order valence-corrected chi connectivity index (χ4v) is 2.10. The molecule has 0 aromatic rings. The van der Waals surface area contributed by atoms with Crippen LogP contribution in [0.2, 0.25) is 0 Å². The molecular formula is C9H21NO3S. The molecule has 0 saturated carbocycles. The van der Waals surface area contributed by atoms with E-state index in [1.807, 2.05) is 0 Å². The van der Waals surface area contributed by atoms with Gasteiger partial charge in [0.05, 0.1) is 5.75 Å². The van der Waals surface area contributed by atoms with Gasteiger partial charge in [0.2, 0.25) is 0 Å². The molecule has 2 N–H and O–H groups in total. The maximum atomic E-state index is 10.5. The van der Waals surface area contributed by atoms with Gasteiger partial charge in [-0.3, -0.25) is 4.55 Å². The zero-order valence-corrected chi connectivity index (χ0v) is 9.81. The van der Waals surface area contributed by atoms with Gasteiger partial charge in [-0.15, -0.1) is 0 Å². The van der Waals surface area contributed by atoms with E-state index >= 15 is 0 Å². The molecule has 0 spiro atoms. The summed E-state index contributed by atoms with van der Waals surface area (Å²) in [6.45, 7) is 5.51. The van der Waals surface area contributed by atoms with E-state index in [1.54, 1.807) is 6.92 Å². The fraction of sp³-hybridized carbons (Fsp3) is 1.00. The van der Waals surface area contributed by atoms with Crippen LogP contribution in [0.25, 0.3) is 0 Å². The monoisotopic (exact) mass is 223 g/mol. The molecule has 5 heteroatoms. The molecule has 4 nitrogen and oxygen atoms in total. The summed E-state index contributed by atoms with van der Waals surface area (Å²) in [6, 6.07) is 0. The van der Waals surface area contributed by atoms with Crippen LogP contribution in [0.15, 0.2) is 0 Å². The predicted molar refractivity (Wildman–Crippen MR) is 58.0 cm³/mol. The first-order chi connectivity index (χ1) is 6.45. The van der Waals surface area contributed by atoms with Crippen LogP contribution in [0, 0.1) is 5.92 Å². The highest BCUT2D eigenvalue weighted by Gasteiger charge is 2.11. The second-order valence-electron chi connectivity index (χ2n) is 3.76. The summed E-state index contributed by atoms with van der Waals surface area (Å²) in [4.78, 5) is 0. The van der Waals surface area contributed by atoms with Crippen LogP contribution in [0.1, 0.15) is 33.1 Å². The van der Waals surface area contributed by atoms with Crippen molar-refractivity contribution in [3.63, 3.8) is 0 Å². The minimum absolute atomic E-state index is 0.0355. The summed E-state index contributed by atoms with van der Waals surface area (Å²) in [6.07, 6.45) is 3.50. The maximum Gasteiger partial charge on any atom is 0.265 e. The van der Waals surface area contributed by atoms with Gasteiger partial charge in [-0.2, -0.15) is 8.42 Å². The first kappa shape index (κ1) is 13.9. The Morgan fingerprint density at radius 3 is 2.50 bits per heavy atom. The normalized spacial score (nSPS) is 14.2. The zero-order chi connectivity index (χ0) is 11.0. The Kier molecular flexibility index (Phi) is 7.13. The van der Waals surface area contributed by atoms with E-state index in [0.29, 0.717) is 6.54 Å². The van der Waals surface area contributed by atoms with Crippen LogP contribution in [0.4, 0.5) is 0 Å². The Hall–Kier alpha value is -0.130. The number of hydrogen-bond acceptors (Lipinski definition) is 3. The van der Waals surface area contributed by atoms with Gasteiger partial charge in [-0.1, -0.05) is 26.7 Å². The molecule has 0 bridgehead atoms. The summed E-state index contributed by atoms with van der Waals surface area (Å²) in [7, 11) is -3.81. The number of unbranched alkanes of at least 4 members (excludes halogenated alkanes) is 2. The average Bonchev–Trinajstić information content (AvgIpc) is 2.00. The number of nitrogens with one attached hydrogen (secondary N) is 1. The van der Waals surface area contributed by atoms with Crippen molar-refractivity contribution in [3.8, 4) is 0 Å². The minimum atomic E-state index is -3.81. The summed E-state index contributed by atoms with van der Waals surface area (Å²) in [5, 5.41) is 3.17. The van der Waals surface area contributed by atoms with Crippen LogP contribution in [0.5, 0.6) is 0 Å². The second kappa shape index (κ2) is 7.20. The maximum absolute atomic E-state index is 10.5. The highest BCUT2D eigenvalue weighted by Crippen LogP contribution is 1.98. The summed E-state index contributed by atoms with van der Waals surface area (Å²) >= 11 is 0. The molecule has 0 fully saturated rings. The Morgan fingerprint density at radius 1 is 1.36 bits per heavy atom. The van der Waals surface area contributed by atoms with Crippen LogP contribution < -0.4 is 5.32 Å². The quantitative estimate of drug-likeness (QED) is 0.480. The molecule has 0 aromatic carbocycles. The molecule has 0 amide bonds. The van der Waals surface area contributed by atoms with Crippen molar-refractivity contribution < 1.29 is 13.0 Å². The Labute approximate surface area is 86.8 Å². The van der Waals surface area contributed by atoms with Gasteiger partial charge in [0.1, 0.15) is 0 Å². The van der Waals surface area contributed by atoms with Crippen molar-refractivity contribution in [2.45, 2.75) is 33.1 Å². The lowest BCUT2D eigenvalue weighted by molar-refractivity contribution is 0.460. The highest BCUT2D eigenvalue weighted by atomic mass is 32.2. The van der Waals surface area contributed by atoms with Crippen molar-refractivity contribution in [2.24, 2.45) is 5.92 Å². The van der Waals surface area contributed by atoms with E-state index < -0.39 is 10.1 Å². The number of rotatable bonds is 8.